The van der Waals surface area contributed by atoms with Gasteiger partial charge in [0, 0.05) is 24.5 Å². The third kappa shape index (κ3) is 1.49. The van der Waals surface area contributed by atoms with Crippen LogP contribution in [0.4, 0.5) is 0 Å². The molecule has 2 aromatic heterocycles. The fraction of sp³-hybridized carbons (Fsp3) is 0.286. The molecule has 0 saturated heterocycles. The SMILES string of the molecule is Cc1nc2ncc(CNO)cn2n1. The zero-order valence-corrected chi connectivity index (χ0v) is 7.10. The highest BCUT2D eigenvalue weighted by Crippen LogP contribution is 2.00. The average Bonchev–Trinajstić information content (AvgIpc) is 2.44. The predicted octanol–water partition coefficient (Wildman–Crippen LogP) is -0.0885. The summed E-state index contributed by atoms with van der Waals surface area (Å²) in [6.45, 7) is 2.15. The number of fused-ring (bicyclic) bond motifs is 1. The first-order chi connectivity index (χ1) is 6.29. The molecule has 0 amide bonds. The van der Waals surface area contributed by atoms with Gasteiger partial charge in [-0.3, -0.25) is 0 Å². The van der Waals surface area contributed by atoms with Crippen LogP contribution in [0.5, 0.6) is 0 Å². The molecule has 0 bridgehead atoms. The van der Waals surface area contributed by atoms with Crippen molar-refractivity contribution in [3.05, 3.63) is 23.8 Å². The standard InChI is InChI=1S/C7H9N5O/c1-5-10-7-8-2-6(3-9-13)4-12(7)11-5/h2,4,9,13H,3H2,1H3. The van der Waals surface area contributed by atoms with Gasteiger partial charge < -0.3 is 5.21 Å². The summed E-state index contributed by atoms with van der Waals surface area (Å²) in [5.41, 5.74) is 2.90. The molecule has 0 fully saturated rings. The van der Waals surface area contributed by atoms with Crippen LogP contribution in [-0.2, 0) is 6.54 Å². The van der Waals surface area contributed by atoms with Crippen molar-refractivity contribution in [3.8, 4) is 0 Å². The van der Waals surface area contributed by atoms with Crippen LogP contribution in [-0.4, -0.2) is 24.8 Å². The lowest BCUT2D eigenvalue weighted by Crippen LogP contribution is -2.07. The maximum Gasteiger partial charge on any atom is 0.252 e. The fourth-order valence-electron chi connectivity index (χ4n) is 1.11. The summed E-state index contributed by atoms with van der Waals surface area (Å²) >= 11 is 0. The Balaban J connectivity index is 2.48. The minimum absolute atomic E-state index is 0.349. The minimum atomic E-state index is 0.349. The van der Waals surface area contributed by atoms with Crippen molar-refractivity contribution in [3.63, 3.8) is 0 Å². The van der Waals surface area contributed by atoms with Crippen molar-refractivity contribution < 1.29 is 5.21 Å². The molecule has 2 aromatic rings. The predicted molar refractivity (Wildman–Crippen MR) is 44.1 cm³/mol. The summed E-state index contributed by atoms with van der Waals surface area (Å²) in [6.07, 6.45) is 3.41. The number of nitrogens with zero attached hydrogens (tertiary/aromatic N) is 4. The highest BCUT2D eigenvalue weighted by molar-refractivity contribution is 5.27. The maximum absolute atomic E-state index is 8.47. The van der Waals surface area contributed by atoms with E-state index < -0.39 is 0 Å². The Labute approximate surface area is 74.2 Å². The van der Waals surface area contributed by atoms with Gasteiger partial charge in [0.2, 0.25) is 0 Å². The summed E-state index contributed by atoms with van der Waals surface area (Å²) < 4.78 is 1.59. The van der Waals surface area contributed by atoms with Crippen molar-refractivity contribution >= 4 is 5.78 Å². The molecule has 0 atom stereocenters. The van der Waals surface area contributed by atoms with Gasteiger partial charge >= 0.3 is 0 Å². The molecule has 2 rings (SSSR count). The molecule has 0 aliphatic rings. The number of aryl methyl sites for hydroxylation is 1. The van der Waals surface area contributed by atoms with E-state index in [-0.39, 0.29) is 0 Å². The Bertz CT molecular complexity index is 424. The number of rotatable bonds is 2. The Morgan fingerprint density at radius 2 is 2.46 bits per heavy atom. The van der Waals surface area contributed by atoms with Crippen LogP contribution in [0.25, 0.3) is 5.78 Å². The molecule has 6 heteroatoms. The van der Waals surface area contributed by atoms with Gasteiger partial charge in [-0.2, -0.15) is 10.1 Å². The van der Waals surface area contributed by atoms with Gasteiger partial charge in [0.1, 0.15) is 5.82 Å². The van der Waals surface area contributed by atoms with Crippen LogP contribution in [0.3, 0.4) is 0 Å². The van der Waals surface area contributed by atoms with E-state index >= 15 is 0 Å². The van der Waals surface area contributed by atoms with E-state index in [1.54, 1.807) is 23.8 Å². The molecule has 13 heavy (non-hydrogen) atoms. The number of aromatic nitrogens is 4. The summed E-state index contributed by atoms with van der Waals surface area (Å²) in [6, 6.07) is 0. The number of nitrogens with one attached hydrogen (secondary N) is 1. The lowest BCUT2D eigenvalue weighted by Gasteiger charge is -1.97. The second-order valence-electron chi connectivity index (χ2n) is 2.70. The van der Waals surface area contributed by atoms with Crippen LogP contribution >= 0.6 is 0 Å². The average molecular weight is 179 g/mol. The topological polar surface area (TPSA) is 75.3 Å². The molecule has 0 unspecified atom stereocenters. The Morgan fingerprint density at radius 3 is 3.23 bits per heavy atom. The molecule has 68 valence electrons. The van der Waals surface area contributed by atoms with Gasteiger partial charge in [0.15, 0.2) is 0 Å². The first-order valence-corrected chi connectivity index (χ1v) is 3.84. The third-order valence-electron chi connectivity index (χ3n) is 1.64. The highest BCUT2D eigenvalue weighted by Gasteiger charge is 2.00. The highest BCUT2D eigenvalue weighted by atomic mass is 16.5. The van der Waals surface area contributed by atoms with E-state index in [0.29, 0.717) is 18.1 Å². The summed E-state index contributed by atoms with van der Waals surface area (Å²) in [5.74, 6) is 1.25. The minimum Gasteiger partial charge on any atom is -0.316 e. The molecule has 2 N–H and O–H groups in total. The molecule has 0 aliphatic carbocycles. The normalized spacial score (nSPS) is 10.9. The van der Waals surface area contributed by atoms with E-state index in [0.717, 1.165) is 5.56 Å². The largest absolute Gasteiger partial charge is 0.316 e. The maximum atomic E-state index is 8.47. The Hall–Kier alpha value is -1.53. The molecule has 0 aromatic carbocycles. The molecule has 0 aliphatic heterocycles. The summed E-state index contributed by atoms with van der Waals surface area (Å²) in [4.78, 5) is 8.13. The first kappa shape index (κ1) is 8.09. The van der Waals surface area contributed by atoms with Gasteiger partial charge in [-0.1, -0.05) is 0 Å². The van der Waals surface area contributed by atoms with E-state index in [1.165, 1.54) is 0 Å². The molecule has 0 spiro atoms. The lowest BCUT2D eigenvalue weighted by atomic mass is 10.3. The Morgan fingerprint density at radius 1 is 1.62 bits per heavy atom. The molecule has 6 nitrogen and oxygen atoms in total. The first-order valence-electron chi connectivity index (χ1n) is 3.84. The third-order valence-corrected chi connectivity index (χ3v) is 1.64. The smallest absolute Gasteiger partial charge is 0.252 e. The van der Waals surface area contributed by atoms with Crippen molar-refractivity contribution in [1.82, 2.24) is 25.1 Å². The van der Waals surface area contributed by atoms with Crippen molar-refractivity contribution in [2.75, 3.05) is 0 Å². The van der Waals surface area contributed by atoms with Gasteiger partial charge in [0.25, 0.3) is 5.78 Å². The van der Waals surface area contributed by atoms with Crippen LogP contribution < -0.4 is 5.48 Å². The summed E-state index contributed by atoms with van der Waals surface area (Å²) in [7, 11) is 0. The number of hydrogen-bond donors (Lipinski definition) is 2. The molecule has 2 heterocycles. The van der Waals surface area contributed by atoms with E-state index in [2.05, 4.69) is 20.5 Å². The van der Waals surface area contributed by atoms with Crippen LogP contribution in [0.2, 0.25) is 0 Å². The van der Waals surface area contributed by atoms with Crippen molar-refractivity contribution in [2.45, 2.75) is 13.5 Å². The van der Waals surface area contributed by atoms with E-state index in [4.69, 9.17) is 5.21 Å². The number of hydrogen-bond acceptors (Lipinski definition) is 5. The lowest BCUT2D eigenvalue weighted by molar-refractivity contribution is 0.161. The number of hydroxylamine groups is 1. The monoisotopic (exact) mass is 179 g/mol. The quantitative estimate of drug-likeness (QED) is 0.630. The zero-order chi connectivity index (χ0) is 9.26. The second-order valence-corrected chi connectivity index (χ2v) is 2.70. The van der Waals surface area contributed by atoms with Crippen molar-refractivity contribution in [2.24, 2.45) is 0 Å². The Kier molecular flexibility index (Phi) is 1.91. The van der Waals surface area contributed by atoms with E-state index in [1.807, 2.05) is 0 Å². The van der Waals surface area contributed by atoms with Crippen molar-refractivity contribution in [1.29, 1.82) is 0 Å². The molecular formula is C7H9N5O. The van der Waals surface area contributed by atoms with E-state index in [9.17, 15) is 0 Å². The van der Waals surface area contributed by atoms with Crippen LogP contribution in [0, 0.1) is 6.92 Å². The summed E-state index contributed by atoms with van der Waals surface area (Å²) in [5, 5.41) is 12.6. The van der Waals surface area contributed by atoms with Gasteiger partial charge in [0.05, 0.1) is 0 Å². The second kappa shape index (κ2) is 3.08. The van der Waals surface area contributed by atoms with Gasteiger partial charge in [-0.25, -0.2) is 15.0 Å². The molecule has 0 radical (unpaired) electrons. The van der Waals surface area contributed by atoms with Gasteiger partial charge in [-0.15, -0.1) is 0 Å². The fourth-order valence-corrected chi connectivity index (χ4v) is 1.11. The molecular weight excluding hydrogens is 170 g/mol. The van der Waals surface area contributed by atoms with Crippen LogP contribution in [0.15, 0.2) is 12.4 Å². The van der Waals surface area contributed by atoms with Crippen LogP contribution in [0.1, 0.15) is 11.4 Å². The molecule has 0 saturated carbocycles. The van der Waals surface area contributed by atoms with Gasteiger partial charge in [-0.05, 0) is 6.92 Å². The zero-order valence-electron chi connectivity index (χ0n) is 7.10.